The maximum atomic E-state index is 11.5. The van der Waals surface area contributed by atoms with Gasteiger partial charge >= 0.3 is 0 Å². The van der Waals surface area contributed by atoms with E-state index in [1.165, 1.54) is 18.4 Å². The van der Waals surface area contributed by atoms with Gasteiger partial charge in [-0.05, 0) is 18.4 Å². The SMILES string of the molecule is CCS(=O)(=O)CCNC(=NC)NCC1(c2ccccc2)CC1. The van der Waals surface area contributed by atoms with Crippen molar-refractivity contribution in [3.8, 4) is 0 Å². The Morgan fingerprint density at radius 2 is 1.91 bits per heavy atom. The van der Waals surface area contributed by atoms with Crippen LogP contribution in [0.15, 0.2) is 35.3 Å². The quantitative estimate of drug-likeness (QED) is 0.586. The Labute approximate surface area is 133 Å². The van der Waals surface area contributed by atoms with Gasteiger partial charge in [0, 0.05) is 31.3 Å². The van der Waals surface area contributed by atoms with Gasteiger partial charge in [-0.3, -0.25) is 4.99 Å². The van der Waals surface area contributed by atoms with Crippen molar-refractivity contribution in [1.29, 1.82) is 0 Å². The maximum absolute atomic E-state index is 11.5. The monoisotopic (exact) mass is 323 g/mol. The van der Waals surface area contributed by atoms with Gasteiger partial charge in [0.05, 0.1) is 5.75 Å². The molecule has 0 aliphatic heterocycles. The van der Waals surface area contributed by atoms with Gasteiger partial charge in [0.1, 0.15) is 0 Å². The lowest BCUT2D eigenvalue weighted by molar-refractivity contribution is 0.595. The van der Waals surface area contributed by atoms with Crippen molar-refractivity contribution in [3.63, 3.8) is 0 Å². The summed E-state index contributed by atoms with van der Waals surface area (Å²) in [4.78, 5) is 4.16. The lowest BCUT2D eigenvalue weighted by atomic mass is 9.96. The standard InChI is InChI=1S/C16H25N3O2S/c1-3-22(20,21)12-11-18-15(17-2)19-13-16(9-10-16)14-7-5-4-6-8-14/h4-8H,3,9-13H2,1-2H3,(H2,17,18,19). The summed E-state index contributed by atoms with van der Waals surface area (Å²) in [7, 11) is -1.24. The number of rotatable bonds is 7. The predicted octanol–water partition coefficient (Wildman–Crippen LogP) is 1.32. The summed E-state index contributed by atoms with van der Waals surface area (Å²) in [6.07, 6.45) is 2.34. The van der Waals surface area contributed by atoms with Crippen molar-refractivity contribution < 1.29 is 8.42 Å². The number of guanidine groups is 1. The molecule has 1 aromatic carbocycles. The summed E-state index contributed by atoms with van der Waals surface area (Å²) in [5, 5.41) is 6.39. The number of hydrogen-bond donors (Lipinski definition) is 2. The fraction of sp³-hybridized carbons (Fsp3) is 0.562. The third kappa shape index (κ3) is 4.47. The molecule has 2 rings (SSSR count). The van der Waals surface area contributed by atoms with Crippen LogP contribution >= 0.6 is 0 Å². The molecule has 1 aliphatic rings. The molecular weight excluding hydrogens is 298 g/mol. The van der Waals surface area contributed by atoms with Crippen LogP contribution in [0.2, 0.25) is 0 Å². The second kappa shape index (κ2) is 7.13. The third-order valence-corrected chi connectivity index (χ3v) is 5.91. The first kappa shape index (κ1) is 16.8. The summed E-state index contributed by atoms with van der Waals surface area (Å²) in [5.41, 5.74) is 1.56. The normalized spacial score (nSPS) is 17.1. The molecule has 0 heterocycles. The lowest BCUT2D eigenvalue weighted by Gasteiger charge is -2.19. The highest BCUT2D eigenvalue weighted by Gasteiger charge is 2.43. The number of aliphatic imine (C=N–C) groups is 1. The summed E-state index contributed by atoms with van der Waals surface area (Å²) in [5.74, 6) is 0.972. The van der Waals surface area contributed by atoms with Crippen LogP contribution in [0, 0.1) is 0 Å². The first-order valence-corrected chi connectivity index (χ1v) is 9.54. The zero-order chi connectivity index (χ0) is 16.1. The van der Waals surface area contributed by atoms with Crippen LogP contribution in [0.25, 0.3) is 0 Å². The molecule has 1 aromatic rings. The largest absolute Gasteiger partial charge is 0.356 e. The van der Waals surface area contributed by atoms with Gasteiger partial charge in [0.2, 0.25) is 0 Å². The minimum absolute atomic E-state index is 0.133. The minimum atomic E-state index is -2.94. The average molecular weight is 323 g/mol. The van der Waals surface area contributed by atoms with Crippen LogP contribution in [0.3, 0.4) is 0 Å². The molecule has 0 bridgehead atoms. The molecule has 0 spiro atoms. The van der Waals surface area contributed by atoms with Crippen molar-refractivity contribution in [3.05, 3.63) is 35.9 Å². The minimum Gasteiger partial charge on any atom is -0.356 e. The van der Waals surface area contributed by atoms with Gasteiger partial charge in [-0.2, -0.15) is 0 Å². The Morgan fingerprint density at radius 1 is 1.23 bits per heavy atom. The van der Waals surface area contributed by atoms with Crippen molar-refractivity contribution in [2.24, 2.45) is 4.99 Å². The van der Waals surface area contributed by atoms with E-state index in [0.717, 1.165) is 6.54 Å². The number of sulfone groups is 1. The fourth-order valence-corrected chi connectivity index (χ4v) is 3.15. The van der Waals surface area contributed by atoms with Crippen molar-refractivity contribution in [2.75, 3.05) is 31.6 Å². The zero-order valence-electron chi connectivity index (χ0n) is 13.3. The summed E-state index contributed by atoms with van der Waals surface area (Å²) in [6, 6.07) is 10.5. The topological polar surface area (TPSA) is 70.6 Å². The smallest absolute Gasteiger partial charge is 0.191 e. The van der Waals surface area contributed by atoms with Crippen molar-refractivity contribution in [1.82, 2.24) is 10.6 Å². The van der Waals surface area contributed by atoms with E-state index in [1.54, 1.807) is 14.0 Å². The molecule has 6 heteroatoms. The molecule has 5 nitrogen and oxygen atoms in total. The molecule has 1 saturated carbocycles. The van der Waals surface area contributed by atoms with E-state index in [-0.39, 0.29) is 16.9 Å². The summed E-state index contributed by atoms with van der Waals surface area (Å²) in [6.45, 7) is 2.87. The van der Waals surface area contributed by atoms with E-state index in [2.05, 4.69) is 39.9 Å². The molecule has 0 saturated heterocycles. The Balaban J connectivity index is 1.82. The van der Waals surface area contributed by atoms with Crippen molar-refractivity contribution >= 4 is 15.8 Å². The summed E-state index contributed by atoms with van der Waals surface area (Å²) < 4.78 is 23.0. The average Bonchev–Trinajstić information content (AvgIpc) is 3.32. The number of hydrogen-bond acceptors (Lipinski definition) is 3. The van der Waals surface area contributed by atoms with Crippen LogP contribution in [0.1, 0.15) is 25.3 Å². The summed E-state index contributed by atoms with van der Waals surface area (Å²) >= 11 is 0. The van der Waals surface area contributed by atoms with E-state index < -0.39 is 9.84 Å². The molecule has 0 aromatic heterocycles. The second-order valence-corrected chi connectivity index (χ2v) is 8.21. The molecular formula is C16H25N3O2S. The van der Waals surface area contributed by atoms with Gasteiger partial charge in [-0.25, -0.2) is 8.42 Å². The third-order valence-electron chi connectivity index (χ3n) is 4.20. The highest BCUT2D eigenvalue weighted by atomic mass is 32.2. The van der Waals surface area contributed by atoms with Crippen LogP contribution in [-0.4, -0.2) is 46.0 Å². The fourth-order valence-electron chi connectivity index (χ4n) is 2.45. The molecule has 0 radical (unpaired) electrons. The molecule has 0 atom stereocenters. The van der Waals surface area contributed by atoms with E-state index in [4.69, 9.17) is 0 Å². The second-order valence-electron chi connectivity index (χ2n) is 5.74. The predicted molar refractivity (Wildman–Crippen MR) is 91.0 cm³/mol. The van der Waals surface area contributed by atoms with Gasteiger partial charge in [0.15, 0.2) is 15.8 Å². The van der Waals surface area contributed by atoms with Crippen LogP contribution in [0.4, 0.5) is 0 Å². The lowest BCUT2D eigenvalue weighted by Crippen LogP contribution is -2.42. The number of benzene rings is 1. The Morgan fingerprint density at radius 3 is 2.45 bits per heavy atom. The van der Waals surface area contributed by atoms with Gasteiger partial charge in [-0.15, -0.1) is 0 Å². The van der Waals surface area contributed by atoms with Crippen LogP contribution in [0.5, 0.6) is 0 Å². The van der Waals surface area contributed by atoms with Crippen LogP contribution in [-0.2, 0) is 15.3 Å². The van der Waals surface area contributed by atoms with Crippen LogP contribution < -0.4 is 10.6 Å². The van der Waals surface area contributed by atoms with E-state index in [9.17, 15) is 8.42 Å². The van der Waals surface area contributed by atoms with Gasteiger partial charge in [0.25, 0.3) is 0 Å². The molecule has 0 amide bonds. The van der Waals surface area contributed by atoms with Gasteiger partial charge < -0.3 is 10.6 Å². The Kier molecular flexibility index (Phi) is 5.45. The van der Waals surface area contributed by atoms with E-state index >= 15 is 0 Å². The maximum Gasteiger partial charge on any atom is 0.191 e. The molecule has 2 N–H and O–H groups in total. The molecule has 1 fully saturated rings. The highest BCUT2D eigenvalue weighted by Crippen LogP contribution is 2.47. The molecule has 0 unspecified atom stereocenters. The Bertz CT molecular complexity index is 608. The molecule has 22 heavy (non-hydrogen) atoms. The molecule has 1 aliphatic carbocycles. The number of nitrogens with zero attached hydrogens (tertiary/aromatic N) is 1. The molecule has 122 valence electrons. The van der Waals surface area contributed by atoms with E-state index in [1.807, 2.05) is 6.07 Å². The first-order chi connectivity index (χ1) is 10.5. The van der Waals surface area contributed by atoms with E-state index in [0.29, 0.717) is 12.5 Å². The van der Waals surface area contributed by atoms with Gasteiger partial charge in [-0.1, -0.05) is 37.3 Å². The Hall–Kier alpha value is -1.56. The number of nitrogens with one attached hydrogen (secondary N) is 2. The zero-order valence-corrected chi connectivity index (χ0v) is 14.1. The van der Waals surface area contributed by atoms with Crippen molar-refractivity contribution in [2.45, 2.75) is 25.2 Å². The highest BCUT2D eigenvalue weighted by molar-refractivity contribution is 7.91. The first-order valence-electron chi connectivity index (χ1n) is 7.72.